The lowest BCUT2D eigenvalue weighted by atomic mass is 10.0. The van der Waals surface area contributed by atoms with Crippen molar-refractivity contribution in [2.24, 2.45) is 0 Å². The number of amides is 2. The van der Waals surface area contributed by atoms with Crippen molar-refractivity contribution in [3.8, 4) is 5.75 Å². The standard InChI is InChI=1S/C23H30N4O3/c1-5-30-21-9-7-6-8-18(21)25-23(29)22(28)24-15-20(26(2)3)16-10-11-19-17(14-16)12-13-27(19)4/h6-11,14,20H,5,12-13,15H2,1-4H3,(H,24,28)(H,25,29)/t20-/m0/s1. The first-order valence-electron chi connectivity index (χ1n) is 10.2. The molecule has 7 nitrogen and oxygen atoms in total. The third kappa shape index (κ3) is 4.91. The van der Waals surface area contributed by atoms with Gasteiger partial charge in [-0.15, -0.1) is 0 Å². The summed E-state index contributed by atoms with van der Waals surface area (Å²) in [5, 5.41) is 5.40. The van der Waals surface area contributed by atoms with Gasteiger partial charge in [0, 0.05) is 25.8 Å². The van der Waals surface area contributed by atoms with Crippen molar-refractivity contribution in [2.75, 3.05) is 51.1 Å². The highest BCUT2D eigenvalue weighted by molar-refractivity contribution is 6.39. The lowest BCUT2D eigenvalue weighted by molar-refractivity contribution is -0.136. The van der Waals surface area contributed by atoms with Gasteiger partial charge in [-0.05, 0) is 56.8 Å². The zero-order valence-corrected chi connectivity index (χ0v) is 18.1. The summed E-state index contributed by atoms with van der Waals surface area (Å²) in [6.07, 6.45) is 1.02. The molecular formula is C23H30N4O3. The second kappa shape index (κ2) is 9.63. The molecule has 0 bridgehead atoms. The second-order valence-corrected chi connectivity index (χ2v) is 7.63. The molecule has 0 spiro atoms. The van der Waals surface area contributed by atoms with Crippen molar-refractivity contribution in [2.45, 2.75) is 19.4 Å². The number of carbonyl (C=O) groups excluding carboxylic acids is 2. The maximum atomic E-state index is 12.4. The van der Waals surface area contributed by atoms with Crippen LogP contribution >= 0.6 is 0 Å². The number of fused-ring (bicyclic) bond motifs is 1. The third-order valence-corrected chi connectivity index (χ3v) is 5.34. The van der Waals surface area contributed by atoms with Gasteiger partial charge < -0.3 is 25.2 Å². The minimum absolute atomic E-state index is 0.0336. The molecule has 2 aromatic rings. The number of ether oxygens (including phenoxy) is 1. The number of para-hydroxylation sites is 2. The van der Waals surface area contributed by atoms with Crippen LogP contribution in [-0.2, 0) is 16.0 Å². The van der Waals surface area contributed by atoms with Gasteiger partial charge in [-0.25, -0.2) is 0 Å². The normalized spacial score (nSPS) is 13.7. The van der Waals surface area contributed by atoms with Crippen molar-refractivity contribution in [3.63, 3.8) is 0 Å². The van der Waals surface area contributed by atoms with Crippen LogP contribution in [0.25, 0.3) is 0 Å². The molecule has 2 aromatic carbocycles. The van der Waals surface area contributed by atoms with Crippen molar-refractivity contribution in [1.29, 1.82) is 0 Å². The van der Waals surface area contributed by atoms with Crippen LogP contribution in [0.3, 0.4) is 0 Å². The minimum Gasteiger partial charge on any atom is -0.492 e. The van der Waals surface area contributed by atoms with E-state index in [0.717, 1.165) is 18.5 Å². The van der Waals surface area contributed by atoms with Crippen LogP contribution in [0.4, 0.5) is 11.4 Å². The molecule has 30 heavy (non-hydrogen) atoms. The van der Waals surface area contributed by atoms with Gasteiger partial charge in [0.1, 0.15) is 5.75 Å². The lowest BCUT2D eigenvalue weighted by Gasteiger charge is -2.26. The van der Waals surface area contributed by atoms with Gasteiger partial charge in [0.25, 0.3) is 0 Å². The maximum Gasteiger partial charge on any atom is 0.313 e. The molecule has 0 aliphatic carbocycles. The summed E-state index contributed by atoms with van der Waals surface area (Å²) < 4.78 is 5.49. The van der Waals surface area contributed by atoms with Crippen LogP contribution in [0.2, 0.25) is 0 Å². The number of nitrogens with one attached hydrogen (secondary N) is 2. The van der Waals surface area contributed by atoms with Crippen LogP contribution in [0.15, 0.2) is 42.5 Å². The highest BCUT2D eigenvalue weighted by atomic mass is 16.5. The number of hydrogen-bond donors (Lipinski definition) is 2. The Morgan fingerprint density at radius 3 is 2.67 bits per heavy atom. The van der Waals surface area contributed by atoms with Crippen molar-refractivity contribution in [3.05, 3.63) is 53.6 Å². The molecule has 0 unspecified atom stereocenters. The van der Waals surface area contributed by atoms with Crippen molar-refractivity contribution >= 4 is 23.2 Å². The maximum absolute atomic E-state index is 12.4. The van der Waals surface area contributed by atoms with Gasteiger partial charge in [-0.2, -0.15) is 0 Å². The molecular weight excluding hydrogens is 380 g/mol. The van der Waals surface area contributed by atoms with E-state index in [-0.39, 0.29) is 6.04 Å². The molecule has 1 atom stereocenters. The largest absolute Gasteiger partial charge is 0.492 e. The Bertz CT molecular complexity index is 913. The zero-order valence-electron chi connectivity index (χ0n) is 18.1. The SMILES string of the molecule is CCOc1ccccc1NC(=O)C(=O)NC[C@@H](c1ccc2c(c1)CCN2C)N(C)C. The molecule has 2 N–H and O–H groups in total. The van der Waals surface area contributed by atoms with Gasteiger partial charge in [0.05, 0.1) is 18.3 Å². The van der Waals surface area contributed by atoms with Gasteiger partial charge in [-0.3, -0.25) is 9.59 Å². The molecule has 7 heteroatoms. The molecule has 3 rings (SSSR count). The zero-order chi connectivity index (χ0) is 21.7. The predicted molar refractivity (Wildman–Crippen MR) is 119 cm³/mol. The summed E-state index contributed by atoms with van der Waals surface area (Å²) in [5.41, 5.74) is 4.17. The van der Waals surface area contributed by atoms with E-state index in [1.165, 1.54) is 11.3 Å². The Morgan fingerprint density at radius 1 is 1.17 bits per heavy atom. The highest BCUT2D eigenvalue weighted by Gasteiger charge is 2.22. The Balaban J connectivity index is 1.64. The van der Waals surface area contributed by atoms with Crippen LogP contribution < -0.4 is 20.3 Å². The van der Waals surface area contributed by atoms with E-state index >= 15 is 0 Å². The number of rotatable bonds is 7. The molecule has 1 aliphatic heterocycles. The highest BCUT2D eigenvalue weighted by Crippen LogP contribution is 2.30. The molecule has 0 aromatic heterocycles. The first-order valence-corrected chi connectivity index (χ1v) is 10.2. The van der Waals surface area contributed by atoms with Gasteiger partial charge in [0.2, 0.25) is 0 Å². The first kappa shape index (κ1) is 21.6. The Labute approximate surface area is 178 Å². The van der Waals surface area contributed by atoms with E-state index in [4.69, 9.17) is 4.74 Å². The van der Waals surface area contributed by atoms with Gasteiger partial charge in [0.15, 0.2) is 0 Å². The average molecular weight is 411 g/mol. The van der Waals surface area contributed by atoms with E-state index in [2.05, 4.69) is 40.8 Å². The van der Waals surface area contributed by atoms with Gasteiger partial charge >= 0.3 is 11.8 Å². The number of anilines is 2. The average Bonchev–Trinajstić information content (AvgIpc) is 3.09. The Kier molecular flexibility index (Phi) is 6.95. The molecule has 0 saturated carbocycles. The fourth-order valence-corrected chi connectivity index (χ4v) is 3.69. The van der Waals surface area contributed by atoms with E-state index in [1.807, 2.05) is 32.0 Å². The molecule has 160 valence electrons. The smallest absolute Gasteiger partial charge is 0.313 e. The molecule has 0 fully saturated rings. The molecule has 2 amide bonds. The summed E-state index contributed by atoms with van der Waals surface area (Å²) >= 11 is 0. The van der Waals surface area contributed by atoms with E-state index in [9.17, 15) is 9.59 Å². The van der Waals surface area contributed by atoms with Crippen molar-refractivity contribution in [1.82, 2.24) is 10.2 Å². The number of carbonyl (C=O) groups is 2. The second-order valence-electron chi connectivity index (χ2n) is 7.63. The minimum atomic E-state index is -0.713. The van der Waals surface area contributed by atoms with Crippen molar-refractivity contribution < 1.29 is 14.3 Å². The topological polar surface area (TPSA) is 73.9 Å². The number of hydrogen-bond acceptors (Lipinski definition) is 5. The number of nitrogens with zero attached hydrogens (tertiary/aromatic N) is 2. The fraction of sp³-hybridized carbons (Fsp3) is 0.391. The fourth-order valence-electron chi connectivity index (χ4n) is 3.69. The number of likely N-dealkylation sites (N-methyl/N-ethyl adjacent to an activating group) is 2. The number of benzene rings is 2. The predicted octanol–water partition coefficient (Wildman–Crippen LogP) is 2.44. The molecule has 1 aliphatic rings. The van der Waals surface area contributed by atoms with Crippen LogP contribution in [0, 0.1) is 0 Å². The summed E-state index contributed by atoms with van der Waals surface area (Å²) in [5.74, 6) is -0.847. The van der Waals surface area contributed by atoms with E-state index in [0.29, 0.717) is 24.6 Å². The van der Waals surface area contributed by atoms with Crippen LogP contribution in [0.5, 0.6) is 5.75 Å². The van der Waals surface area contributed by atoms with Crippen LogP contribution in [-0.4, -0.2) is 57.6 Å². The third-order valence-electron chi connectivity index (χ3n) is 5.34. The lowest BCUT2D eigenvalue weighted by Crippen LogP contribution is -2.40. The van der Waals surface area contributed by atoms with Crippen LogP contribution in [0.1, 0.15) is 24.1 Å². The Morgan fingerprint density at radius 2 is 1.93 bits per heavy atom. The molecule has 0 saturated heterocycles. The van der Waals surface area contributed by atoms with Gasteiger partial charge in [-0.1, -0.05) is 24.3 Å². The Hall–Kier alpha value is -3.06. The monoisotopic (exact) mass is 410 g/mol. The molecule has 0 radical (unpaired) electrons. The quantitative estimate of drug-likeness (QED) is 0.686. The van der Waals surface area contributed by atoms with E-state index < -0.39 is 11.8 Å². The summed E-state index contributed by atoms with van der Waals surface area (Å²) in [6, 6.07) is 13.5. The molecule has 1 heterocycles. The van der Waals surface area contributed by atoms with E-state index in [1.54, 1.807) is 18.2 Å². The first-order chi connectivity index (χ1) is 14.4. The summed E-state index contributed by atoms with van der Waals surface area (Å²) in [6.45, 7) is 3.69. The summed E-state index contributed by atoms with van der Waals surface area (Å²) in [4.78, 5) is 29.1. The summed E-state index contributed by atoms with van der Waals surface area (Å²) in [7, 11) is 6.03.